The molecule has 0 aliphatic heterocycles. The smallest absolute Gasteiger partial charge is 0.0625 e. The molecular formula is C17H31N3. The van der Waals surface area contributed by atoms with Crippen LogP contribution in [-0.2, 0) is 19.5 Å². The fourth-order valence-corrected chi connectivity index (χ4v) is 3.42. The van der Waals surface area contributed by atoms with Gasteiger partial charge in [0, 0.05) is 19.1 Å². The second-order valence-electron chi connectivity index (χ2n) is 6.18. The van der Waals surface area contributed by atoms with Crippen molar-refractivity contribution in [1.29, 1.82) is 0 Å². The van der Waals surface area contributed by atoms with Crippen LogP contribution in [0.2, 0.25) is 0 Å². The molecule has 1 fully saturated rings. The highest BCUT2D eigenvalue weighted by Crippen LogP contribution is 2.27. The van der Waals surface area contributed by atoms with E-state index in [2.05, 4.69) is 41.9 Å². The van der Waals surface area contributed by atoms with Gasteiger partial charge >= 0.3 is 0 Å². The third kappa shape index (κ3) is 4.08. The number of nitrogens with zero attached hydrogens (tertiary/aromatic N) is 2. The lowest BCUT2D eigenvalue weighted by Crippen LogP contribution is -2.33. The van der Waals surface area contributed by atoms with Gasteiger partial charge in [-0.05, 0) is 51.0 Å². The summed E-state index contributed by atoms with van der Waals surface area (Å²) >= 11 is 0. The number of hydrogen-bond acceptors (Lipinski definition) is 2. The van der Waals surface area contributed by atoms with Gasteiger partial charge in [-0.25, -0.2) is 0 Å². The lowest BCUT2D eigenvalue weighted by Gasteiger charge is -2.29. The Hall–Kier alpha value is -0.830. The van der Waals surface area contributed by atoms with Crippen molar-refractivity contribution in [3.05, 3.63) is 17.5 Å². The Morgan fingerprint density at radius 1 is 1.20 bits per heavy atom. The SMILES string of the molecule is CCCC1CCC(NCc2cc(CC)nn2CC)CC1. The summed E-state index contributed by atoms with van der Waals surface area (Å²) in [6.45, 7) is 8.60. The molecule has 0 saturated heterocycles. The van der Waals surface area contributed by atoms with E-state index in [1.807, 2.05) is 0 Å². The summed E-state index contributed by atoms with van der Waals surface area (Å²) in [5, 5.41) is 8.38. The van der Waals surface area contributed by atoms with Gasteiger partial charge in [-0.15, -0.1) is 0 Å². The van der Waals surface area contributed by atoms with Crippen LogP contribution in [0.5, 0.6) is 0 Å². The second kappa shape index (κ2) is 7.82. The summed E-state index contributed by atoms with van der Waals surface area (Å²) in [4.78, 5) is 0. The molecule has 0 spiro atoms. The largest absolute Gasteiger partial charge is 0.308 e. The maximum absolute atomic E-state index is 4.62. The Morgan fingerprint density at radius 3 is 2.55 bits per heavy atom. The van der Waals surface area contributed by atoms with Crippen molar-refractivity contribution in [2.45, 2.75) is 84.8 Å². The molecule has 114 valence electrons. The zero-order valence-corrected chi connectivity index (χ0v) is 13.5. The summed E-state index contributed by atoms with van der Waals surface area (Å²) in [7, 11) is 0. The minimum Gasteiger partial charge on any atom is -0.308 e. The van der Waals surface area contributed by atoms with Crippen molar-refractivity contribution < 1.29 is 0 Å². The molecule has 0 radical (unpaired) electrons. The van der Waals surface area contributed by atoms with Crippen LogP contribution >= 0.6 is 0 Å². The van der Waals surface area contributed by atoms with Gasteiger partial charge in [0.25, 0.3) is 0 Å². The van der Waals surface area contributed by atoms with Crippen molar-refractivity contribution >= 4 is 0 Å². The van der Waals surface area contributed by atoms with Crippen LogP contribution in [0.25, 0.3) is 0 Å². The summed E-state index contributed by atoms with van der Waals surface area (Å²) < 4.78 is 2.15. The molecule has 0 unspecified atom stereocenters. The molecule has 1 aliphatic carbocycles. The lowest BCUT2D eigenvalue weighted by molar-refractivity contribution is 0.276. The minimum absolute atomic E-state index is 0.716. The Balaban J connectivity index is 1.79. The summed E-state index contributed by atoms with van der Waals surface area (Å²) in [5.74, 6) is 0.992. The van der Waals surface area contributed by atoms with Gasteiger partial charge in [-0.1, -0.05) is 26.7 Å². The average Bonchev–Trinajstić information content (AvgIpc) is 2.89. The lowest BCUT2D eigenvalue weighted by atomic mass is 9.83. The highest BCUT2D eigenvalue weighted by Gasteiger charge is 2.20. The van der Waals surface area contributed by atoms with Crippen LogP contribution in [-0.4, -0.2) is 15.8 Å². The molecule has 0 bridgehead atoms. The predicted octanol–water partition coefficient (Wildman–Crippen LogP) is 3.91. The fourth-order valence-electron chi connectivity index (χ4n) is 3.42. The molecule has 1 aliphatic rings. The van der Waals surface area contributed by atoms with E-state index in [0.29, 0.717) is 6.04 Å². The summed E-state index contributed by atoms with van der Waals surface area (Å²) in [6.07, 6.45) is 9.34. The Bertz CT molecular complexity index is 389. The number of hydrogen-bond donors (Lipinski definition) is 1. The van der Waals surface area contributed by atoms with Crippen molar-refractivity contribution in [3.8, 4) is 0 Å². The quantitative estimate of drug-likeness (QED) is 0.819. The third-order valence-corrected chi connectivity index (χ3v) is 4.69. The molecule has 20 heavy (non-hydrogen) atoms. The maximum atomic E-state index is 4.62. The fraction of sp³-hybridized carbons (Fsp3) is 0.824. The molecule has 1 saturated carbocycles. The summed E-state index contributed by atoms with van der Waals surface area (Å²) in [5.41, 5.74) is 2.57. The Labute approximate surface area is 124 Å². The number of aryl methyl sites for hydroxylation is 2. The Kier molecular flexibility index (Phi) is 6.08. The molecule has 1 aromatic rings. The third-order valence-electron chi connectivity index (χ3n) is 4.69. The van der Waals surface area contributed by atoms with Crippen molar-refractivity contribution in [2.75, 3.05) is 0 Å². The van der Waals surface area contributed by atoms with Gasteiger partial charge in [-0.2, -0.15) is 5.10 Å². The first-order valence-corrected chi connectivity index (χ1v) is 8.55. The molecule has 3 nitrogen and oxygen atoms in total. The zero-order valence-electron chi connectivity index (χ0n) is 13.5. The average molecular weight is 277 g/mol. The number of aromatic nitrogens is 2. The van der Waals surface area contributed by atoms with E-state index in [4.69, 9.17) is 0 Å². The molecule has 3 heteroatoms. The van der Waals surface area contributed by atoms with Gasteiger partial charge in [0.1, 0.15) is 0 Å². The molecule has 0 aromatic carbocycles. The van der Waals surface area contributed by atoms with Gasteiger partial charge in [-0.3, -0.25) is 4.68 Å². The molecule has 0 atom stereocenters. The van der Waals surface area contributed by atoms with E-state index < -0.39 is 0 Å². The van der Waals surface area contributed by atoms with Gasteiger partial charge in [0.05, 0.1) is 11.4 Å². The first kappa shape index (κ1) is 15.6. The van der Waals surface area contributed by atoms with E-state index in [-0.39, 0.29) is 0 Å². The van der Waals surface area contributed by atoms with Crippen LogP contribution in [0, 0.1) is 5.92 Å². The monoisotopic (exact) mass is 277 g/mol. The van der Waals surface area contributed by atoms with Gasteiger partial charge in [0.2, 0.25) is 0 Å². The van der Waals surface area contributed by atoms with Crippen LogP contribution in [0.15, 0.2) is 6.07 Å². The Morgan fingerprint density at radius 2 is 1.95 bits per heavy atom. The topological polar surface area (TPSA) is 29.9 Å². The van der Waals surface area contributed by atoms with Crippen molar-refractivity contribution in [3.63, 3.8) is 0 Å². The maximum Gasteiger partial charge on any atom is 0.0625 e. The van der Waals surface area contributed by atoms with E-state index in [9.17, 15) is 0 Å². The van der Waals surface area contributed by atoms with Gasteiger partial charge < -0.3 is 5.32 Å². The van der Waals surface area contributed by atoms with E-state index in [1.54, 1.807) is 0 Å². The van der Waals surface area contributed by atoms with Crippen molar-refractivity contribution in [2.24, 2.45) is 5.92 Å². The highest BCUT2D eigenvalue weighted by molar-refractivity contribution is 5.10. The highest BCUT2D eigenvalue weighted by atomic mass is 15.3. The van der Waals surface area contributed by atoms with Crippen LogP contribution in [0.3, 0.4) is 0 Å². The van der Waals surface area contributed by atoms with E-state index >= 15 is 0 Å². The minimum atomic E-state index is 0.716. The van der Waals surface area contributed by atoms with Crippen LogP contribution in [0.1, 0.15) is 70.7 Å². The number of nitrogens with one attached hydrogen (secondary N) is 1. The molecule has 1 aromatic heterocycles. The van der Waals surface area contributed by atoms with Gasteiger partial charge in [0.15, 0.2) is 0 Å². The normalized spacial score (nSPS) is 23.1. The second-order valence-corrected chi connectivity index (χ2v) is 6.18. The summed E-state index contributed by atoms with van der Waals surface area (Å²) in [6, 6.07) is 2.98. The van der Waals surface area contributed by atoms with Crippen LogP contribution < -0.4 is 5.32 Å². The first-order chi connectivity index (χ1) is 9.76. The molecule has 1 N–H and O–H groups in total. The van der Waals surface area contributed by atoms with E-state index in [1.165, 1.54) is 49.9 Å². The van der Waals surface area contributed by atoms with Crippen molar-refractivity contribution in [1.82, 2.24) is 15.1 Å². The zero-order chi connectivity index (χ0) is 14.4. The number of rotatable bonds is 7. The van der Waals surface area contributed by atoms with Crippen LogP contribution in [0.4, 0.5) is 0 Å². The molecule has 2 rings (SSSR count). The van der Waals surface area contributed by atoms with E-state index in [0.717, 1.165) is 25.4 Å². The first-order valence-electron chi connectivity index (χ1n) is 8.55. The standard InChI is InChI=1S/C17H31N3/c1-4-7-14-8-10-16(11-9-14)18-13-17-12-15(5-2)19-20(17)6-3/h12,14,16,18H,4-11,13H2,1-3H3. The molecular weight excluding hydrogens is 246 g/mol. The predicted molar refractivity (Wildman–Crippen MR) is 84.8 cm³/mol. The molecule has 1 heterocycles. The molecule has 0 amide bonds.